The van der Waals surface area contributed by atoms with Gasteiger partial charge in [-0.2, -0.15) is 0 Å². The first-order valence-corrected chi connectivity index (χ1v) is 4.42. The lowest BCUT2D eigenvalue weighted by molar-refractivity contribution is 0.559. The van der Waals surface area contributed by atoms with Gasteiger partial charge in [0, 0.05) is 0 Å². The van der Waals surface area contributed by atoms with Gasteiger partial charge in [-0.3, -0.25) is 0 Å². The summed E-state index contributed by atoms with van der Waals surface area (Å²) in [6.07, 6.45) is 9.72. The van der Waals surface area contributed by atoms with Crippen LogP contribution in [0.2, 0.25) is 0 Å². The zero-order valence-corrected chi connectivity index (χ0v) is 7.56. The maximum atomic E-state index is 2.29. The molecule has 0 radical (unpaired) electrons. The summed E-state index contributed by atoms with van der Waals surface area (Å²) in [5, 5.41) is 0. The van der Waals surface area contributed by atoms with Crippen LogP contribution < -0.4 is 0 Å². The molecule has 0 aliphatic rings. The summed E-state index contributed by atoms with van der Waals surface area (Å²) in [7, 11) is 0. The van der Waals surface area contributed by atoms with Gasteiger partial charge >= 0.3 is 0 Å². The average molecular weight is 140 g/mol. The largest absolute Gasteiger partial charge is 0.0888 e. The predicted octanol–water partition coefficient (Wildman–Crippen LogP) is 3.78. The lowest BCUT2D eigenvalue weighted by Gasteiger charge is -2.00. The normalized spacial score (nSPS) is 11.6. The van der Waals surface area contributed by atoms with Crippen LogP contribution in [-0.4, -0.2) is 0 Å². The van der Waals surface area contributed by atoms with Crippen LogP contribution in [-0.2, 0) is 0 Å². The van der Waals surface area contributed by atoms with Crippen molar-refractivity contribution in [2.24, 2.45) is 5.92 Å². The molecule has 0 aliphatic carbocycles. The van der Waals surface area contributed by atoms with Crippen LogP contribution in [0.25, 0.3) is 0 Å². The third-order valence-electron chi connectivity index (χ3n) is 1.55. The van der Waals surface area contributed by atoms with Crippen molar-refractivity contribution in [3.8, 4) is 0 Å². The molecule has 0 aromatic rings. The maximum absolute atomic E-state index is 2.29. The lowest BCUT2D eigenvalue weighted by Crippen LogP contribution is -1.84. The van der Waals surface area contributed by atoms with E-state index in [1.54, 1.807) is 0 Å². The molecular weight excluding hydrogens is 120 g/mol. The van der Waals surface area contributed by atoms with E-state index in [2.05, 4.69) is 32.9 Å². The molecule has 0 heterocycles. The predicted molar refractivity (Wildman–Crippen MR) is 48.1 cm³/mol. The van der Waals surface area contributed by atoms with Crippen LogP contribution in [0.15, 0.2) is 12.2 Å². The molecule has 0 bridgehead atoms. The summed E-state index contributed by atoms with van der Waals surface area (Å²) >= 11 is 0. The first-order valence-electron chi connectivity index (χ1n) is 4.42. The van der Waals surface area contributed by atoms with E-state index in [1.807, 2.05) is 0 Å². The van der Waals surface area contributed by atoms with Crippen LogP contribution in [0.1, 0.15) is 46.5 Å². The summed E-state index contributed by atoms with van der Waals surface area (Å²) in [4.78, 5) is 0. The summed E-state index contributed by atoms with van der Waals surface area (Å²) < 4.78 is 0. The monoisotopic (exact) mass is 140 g/mol. The van der Waals surface area contributed by atoms with E-state index in [1.165, 1.54) is 25.7 Å². The number of allylic oxidation sites excluding steroid dienone is 2. The van der Waals surface area contributed by atoms with Crippen molar-refractivity contribution in [3.05, 3.63) is 12.2 Å². The molecule has 0 amide bonds. The van der Waals surface area contributed by atoms with Crippen molar-refractivity contribution in [1.29, 1.82) is 0 Å². The number of unbranched alkanes of at least 4 members (excludes halogenated alkanes) is 1. The smallest absolute Gasteiger partial charge is 0.0351 e. The van der Waals surface area contributed by atoms with E-state index in [0.717, 1.165) is 5.92 Å². The van der Waals surface area contributed by atoms with Gasteiger partial charge in [0.1, 0.15) is 0 Å². The Morgan fingerprint density at radius 3 is 2.40 bits per heavy atom. The Balaban J connectivity index is 2.97. The third-order valence-corrected chi connectivity index (χ3v) is 1.55. The van der Waals surface area contributed by atoms with Crippen molar-refractivity contribution < 1.29 is 0 Å². The van der Waals surface area contributed by atoms with Gasteiger partial charge in [-0.25, -0.2) is 0 Å². The molecule has 60 valence electrons. The second kappa shape index (κ2) is 6.85. The lowest BCUT2D eigenvalue weighted by atomic mass is 10.1. The Morgan fingerprint density at radius 1 is 1.20 bits per heavy atom. The summed E-state index contributed by atoms with van der Waals surface area (Å²) in [6, 6.07) is 0. The van der Waals surface area contributed by atoms with Crippen LogP contribution in [0, 0.1) is 5.92 Å². The molecule has 0 saturated carbocycles. The molecule has 0 aromatic carbocycles. The van der Waals surface area contributed by atoms with Gasteiger partial charge in [-0.05, 0) is 25.2 Å². The highest BCUT2D eigenvalue weighted by Gasteiger charge is 1.90. The molecular formula is C10H20. The molecule has 0 atom stereocenters. The Bertz CT molecular complexity index is 80.0. The highest BCUT2D eigenvalue weighted by molar-refractivity contribution is 4.79. The van der Waals surface area contributed by atoms with Crippen LogP contribution >= 0.6 is 0 Å². The minimum atomic E-state index is 0.870. The van der Waals surface area contributed by atoms with Gasteiger partial charge in [0.25, 0.3) is 0 Å². The molecule has 0 saturated heterocycles. The fourth-order valence-corrected chi connectivity index (χ4v) is 0.928. The van der Waals surface area contributed by atoms with E-state index < -0.39 is 0 Å². The second-order valence-corrected chi connectivity index (χ2v) is 3.20. The molecule has 10 heavy (non-hydrogen) atoms. The van der Waals surface area contributed by atoms with E-state index in [-0.39, 0.29) is 0 Å². The Hall–Kier alpha value is -0.260. The molecule has 0 aliphatic heterocycles. The molecule has 0 fully saturated rings. The summed E-state index contributed by atoms with van der Waals surface area (Å²) in [5.41, 5.74) is 0. The van der Waals surface area contributed by atoms with Gasteiger partial charge in [0.15, 0.2) is 0 Å². The van der Waals surface area contributed by atoms with Crippen LogP contribution in [0.4, 0.5) is 0 Å². The van der Waals surface area contributed by atoms with Crippen LogP contribution in [0.5, 0.6) is 0 Å². The molecule has 0 nitrogen and oxygen atoms in total. The van der Waals surface area contributed by atoms with Gasteiger partial charge in [-0.1, -0.05) is 39.3 Å². The first-order chi connectivity index (χ1) is 4.77. The standard InChI is InChI=1S/C10H20/c1-4-5-6-7-8-9-10(2)3/h5-6,10H,4,7-9H2,1-3H3/b6-5-. The van der Waals surface area contributed by atoms with Gasteiger partial charge in [0.05, 0.1) is 0 Å². The van der Waals surface area contributed by atoms with Crippen LogP contribution in [0.3, 0.4) is 0 Å². The quantitative estimate of drug-likeness (QED) is 0.402. The topological polar surface area (TPSA) is 0 Å². The van der Waals surface area contributed by atoms with Crippen molar-refractivity contribution in [3.63, 3.8) is 0 Å². The SMILES string of the molecule is CC/C=C\CCCC(C)C. The van der Waals surface area contributed by atoms with Crippen molar-refractivity contribution in [2.45, 2.75) is 46.5 Å². The van der Waals surface area contributed by atoms with Gasteiger partial charge in [0.2, 0.25) is 0 Å². The van der Waals surface area contributed by atoms with E-state index in [0.29, 0.717) is 0 Å². The van der Waals surface area contributed by atoms with Gasteiger partial charge in [-0.15, -0.1) is 0 Å². The average Bonchev–Trinajstić information content (AvgIpc) is 1.87. The molecule has 0 aromatic heterocycles. The van der Waals surface area contributed by atoms with Crippen molar-refractivity contribution in [1.82, 2.24) is 0 Å². The fraction of sp³-hybridized carbons (Fsp3) is 0.800. The molecule has 0 rings (SSSR count). The summed E-state index contributed by atoms with van der Waals surface area (Å²) in [6.45, 7) is 6.74. The summed E-state index contributed by atoms with van der Waals surface area (Å²) in [5.74, 6) is 0.870. The van der Waals surface area contributed by atoms with Gasteiger partial charge < -0.3 is 0 Å². The molecule has 0 heteroatoms. The Labute approximate surface area is 65.3 Å². The number of hydrogen-bond acceptors (Lipinski definition) is 0. The minimum absolute atomic E-state index is 0.870. The van der Waals surface area contributed by atoms with E-state index in [4.69, 9.17) is 0 Å². The molecule has 0 N–H and O–H groups in total. The van der Waals surface area contributed by atoms with Crippen molar-refractivity contribution >= 4 is 0 Å². The highest BCUT2D eigenvalue weighted by Crippen LogP contribution is 2.06. The number of rotatable bonds is 5. The number of hydrogen-bond donors (Lipinski definition) is 0. The van der Waals surface area contributed by atoms with E-state index >= 15 is 0 Å². The first kappa shape index (κ1) is 9.74. The van der Waals surface area contributed by atoms with E-state index in [9.17, 15) is 0 Å². The molecule has 0 unspecified atom stereocenters. The Morgan fingerprint density at radius 2 is 1.90 bits per heavy atom. The second-order valence-electron chi connectivity index (χ2n) is 3.20. The third kappa shape index (κ3) is 7.74. The Kier molecular flexibility index (Phi) is 6.68. The molecule has 0 spiro atoms. The fourth-order valence-electron chi connectivity index (χ4n) is 0.928. The highest BCUT2D eigenvalue weighted by atomic mass is 14.0. The maximum Gasteiger partial charge on any atom is -0.0351 e. The zero-order chi connectivity index (χ0) is 7.82. The minimum Gasteiger partial charge on any atom is -0.0888 e. The van der Waals surface area contributed by atoms with Crippen molar-refractivity contribution in [2.75, 3.05) is 0 Å². The zero-order valence-electron chi connectivity index (χ0n) is 7.56.